The lowest BCUT2D eigenvalue weighted by Gasteiger charge is -2.30. The highest BCUT2D eigenvalue weighted by Gasteiger charge is 2.16. The highest BCUT2D eigenvalue weighted by molar-refractivity contribution is 7.99. The van der Waals surface area contributed by atoms with Gasteiger partial charge in [0.2, 0.25) is 0 Å². The molecule has 2 aromatic heterocycles. The van der Waals surface area contributed by atoms with E-state index >= 15 is 0 Å². The number of pyridine rings is 1. The van der Waals surface area contributed by atoms with Crippen LogP contribution in [0.15, 0.2) is 35.7 Å². The first-order valence-corrected chi connectivity index (χ1v) is 7.70. The van der Waals surface area contributed by atoms with E-state index < -0.39 is 0 Å². The summed E-state index contributed by atoms with van der Waals surface area (Å²) < 4.78 is 7.70. The van der Waals surface area contributed by atoms with Crippen molar-refractivity contribution < 1.29 is 4.74 Å². The third-order valence-electron chi connectivity index (χ3n) is 3.37. The Kier molecular flexibility index (Phi) is 4.06. The number of morpholine rings is 1. The SMILES string of the molecule is C[C@@H]1CN(CCSc2ncc3ccccn23)CCO1. The number of nitrogens with zero attached hydrogens (tertiary/aromatic N) is 3. The smallest absolute Gasteiger partial charge is 0.172 e. The van der Waals surface area contributed by atoms with E-state index in [2.05, 4.69) is 33.5 Å². The van der Waals surface area contributed by atoms with Gasteiger partial charge in [-0.25, -0.2) is 4.98 Å². The molecule has 0 amide bonds. The largest absolute Gasteiger partial charge is 0.376 e. The van der Waals surface area contributed by atoms with Gasteiger partial charge < -0.3 is 4.74 Å². The van der Waals surface area contributed by atoms with Crippen LogP contribution in [-0.4, -0.2) is 52.4 Å². The maximum atomic E-state index is 5.55. The van der Waals surface area contributed by atoms with Gasteiger partial charge >= 0.3 is 0 Å². The third kappa shape index (κ3) is 3.11. The molecule has 0 N–H and O–H groups in total. The van der Waals surface area contributed by atoms with Crippen LogP contribution in [0.25, 0.3) is 5.52 Å². The molecule has 0 saturated carbocycles. The number of hydrogen-bond acceptors (Lipinski definition) is 4. The molecule has 1 fully saturated rings. The van der Waals surface area contributed by atoms with Crippen molar-refractivity contribution >= 4 is 17.3 Å². The molecule has 0 bridgehead atoms. The lowest BCUT2D eigenvalue weighted by molar-refractivity contribution is -0.0158. The summed E-state index contributed by atoms with van der Waals surface area (Å²) in [6.45, 7) is 6.19. The van der Waals surface area contributed by atoms with E-state index in [0.29, 0.717) is 6.10 Å². The highest BCUT2D eigenvalue weighted by atomic mass is 32.2. The van der Waals surface area contributed by atoms with Crippen LogP contribution < -0.4 is 0 Å². The molecule has 1 aliphatic rings. The maximum absolute atomic E-state index is 5.55. The fourth-order valence-corrected chi connectivity index (χ4v) is 3.35. The summed E-state index contributed by atoms with van der Waals surface area (Å²) in [7, 11) is 0. The van der Waals surface area contributed by atoms with Crippen molar-refractivity contribution in [2.75, 3.05) is 32.0 Å². The average molecular weight is 277 g/mol. The molecule has 0 aromatic carbocycles. The number of thioether (sulfide) groups is 1. The fourth-order valence-electron chi connectivity index (χ4n) is 2.39. The minimum Gasteiger partial charge on any atom is -0.376 e. The van der Waals surface area contributed by atoms with Gasteiger partial charge in [0.1, 0.15) is 0 Å². The lowest BCUT2D eigenvalue weighted by atomic mass is 10.3. The van der Waals surface area contributed by atoms with E-state index in [0.717, 1.165) is 42.7 Å². The van der Waals surface area contributed by atoms with Gasteiger partial charge in [0.15, 0.2) is 5.16 Å². The number of ether oxygens (including phenoxy) is 1. The summed E-state index contributed by atoms with van der Waals surface area (Å²) in [4.78, 5) is 6.94. The molecule has 0 aliphatic carbocycles. The Morgan fingerprint density at radius 1 is 1.47 bits per heavy atom. The van der Waals surface area contributed by atoms with Crippen molar-refractivity contribution in [3.8, 4) is 0 Å². The topological polar surface area (TPSA) is 29.8 Å². The van der Waals surface area contributed by atoms with Crippen molar-refractivity contribution in [1.82, 2.24) is 14.3 Å². The van der Waals surface area contributed by atoms with E-state index in [9.17, 15) is 0 Å². The van der Waals surface area contributed by atoms with E-state index in [4.69, 9.17) is 4.74 Å². The van der Waals surface area contributed by atoms with Crippen LogP contribution in [0.1, 0.15) is 6.92 Å². The lowest BCUT2D eigenvalue weighted by Crippen LogP contribution is -2.42. The fraction of sp³-hybridized carbons (Fsp3) is 0.500. The molecular weight excluding hydrogens is 258 g/mol. The van der Waals surface area contributed by atoms with E-state index in [1.165, 1.54) is 0 Å². The Morgan fingerprint density at radius 2 is 2.42 bits per heavy atom. The second-order valence-corrected chi connectivity index (χ2v) is 5.93. The molecule has 0 spiro atoms. The molecule has 3 rings (SSSR count). The third-order valence-corrected chi connectivity index (χ3v) is 4.32. The summed E-state index contributed by atoms with van der Waals surface area (Å²) in [5, 5.41) is 1.08. The Morgan fingerprint density at radius 3 is 3.32 bits per heavy atom. The maximum Gasteiger partial charge on any atom is 0.172 e. The first kappa shape index (κ1) is 13.0. The van der Waals surface area contributed by atoms with Crippen molar-refractivity contribution in [1.29, 1.82) is 0 Å². The monoisotopic (exact) mass is 277 g/mol. The average Bonchev–Trinajstić information content (AvgIpc) is 2.83. The quantitative estimate of drug-likeness (QED) is 0.801. The minimum atomic E-state index is 0.367. The molecule has 1 aliphatic heterocycles. The predicted octanol–water partition coefficient (Wildman–Crippen LogP) is 2.15. The van der Waals surface area contributed by atoms with Crippen LogP contribution in [0.2, 0.25) is 0 Å². The predicted molar refractivity (Wildman–Crippen MR) is 77.8 cm³/mol. The molecule has 102 valence electrons. The summed E-state index contributed by atoms with van der Waals surface area (Å²) in [6.07, 6.45) is 4.37. The van der Waals surface area contributed by atoms with Crippen molar-refractivity contribution in [2.24, 2.45) is 0 Å². The van der Waals surface area contributed by atoms with Crippen molar-refractivity contribution in [3.05, 3.63) is 30.6 Å². The Hall–Kier alpha value is -1.04. The zero-order chi connectivity index (χ0) is 13.1. The van der Waals surface area contributed by atoms with Crippen LogP contribution in [0, 0.1) is 0 Å². The molecule has 0 unspecified atom stereocenters. The van der Waals surface area contributed by atoms with Gasteiger partial charge in [-0.2, -0.15) is 0 Å². The van der Waals surface area contributed by atoms with Gasteiger partial charge in [-0.05, 0) is 19.1 Å². The zero-order valence-electron chi connectivity index (χ0n) is 11.2. The molecule has 2 aromatic rings. The van der Waals surface area contributed by atoms with Gasteiger partial charge in [-0.1, -0.05) is 17.8 Å². The van der Waals surface area contributed by atoms with E-state index in [1.54, 1.807) is 0 Å². The molecular formula is C14H19N3OS. The van der Waals surface area contributed by atoms with Gasteiger partial charge in [-0.15, -0.1) is 0 Å². The van der Waals surface area contributed by atoms with Gasteiger partial charge in [0, 0.05) is 31.6 Å². The Balaban J connectivity index is 1.55. The number of fused-ring (bicyclic) bond motifs is 1. The summed E-state index contributed by atoms with van der Waals surface area (Å²) in [6, 6.07) is 6.17. The number of aromatic nitrogens is 2. The number of imidazole rings is 1. The molecule has 3 heterocycles. The van der Waals surface area contributed by atoms with Crippen LogP contribution >= 0.6 is 11.8 Å². The highest BCUT2D eigenvalue weighted by Crippen LogP contribution is 2.18. The van der Waals surface area contributed by atoms with Crippen molar-refractivity contribution in [3.63, 3.8) is 0 Å². The van der Waals surface area contributed by atoms with E-state index in [1.807, 2.05) is 30.1 Å². The second-order valence-electron chi connectivity index (χ2n) is 4.87. The molecule has 19 heavy (non-hydrogen) atoms. The van der Waals surface area contributed by atoms with Crippen LogP contribution in [0.3, 0.4) is 0 Å². The molecule has 1 atom stereocenters. The van der Waals surface area contributed by atoms with Crippen LogP contribution in [-0.2, 0) is 4.74 Å². The molecule has 0 radical (unpaired) electrons. The molecule has 1 saturated heterocycles. The Bertz CT molecular complexity index is 542. The van der Waals surface area contributed by atoms with Gasteiger partial charge in [0.05, 0.1) is 24.4 Å². The number of hydrogen-bond donors (Lipinski definition) is 0. The minimum absolute atomic E-state index is 0.367. The summed E-state index contributed by atoms with van der Waals surface area (Å²) >= 11 is 1.82. The van der Waals surface area contributed by atoms with Crippen LogP contribution in [0.4, 0.5) is 0 Å². The Labute approximate surface area is 117 Å². The van der Waals surface area contributed by atoms with Crippen LogP contribution in [0.5, 0.6) is 0 Å². The normalized spacial score (nSPS) is 21.0. The summed E-state index contributed by atoms with van der Waals surface area (Å²) in [5.41, 5.74) is 1.16. The first-order chi connectivity index (χ1) is 9.33. The van der Waals surface area contributed by atoms with Gasteiger partial charge in [-0.3, -0.25) is 9.30 Å². The zero-order valence-corrected chi connectivity index (χ0v) is 12.0. The van der Waals surface area contributed by atoms with Gasteiger partial charge in [0.25, 0.3) is 0 Å². The second kappa shape index (κ2) is 5.94. The summed E-state index contributed by atoms with van der Waals surface area (Å²) in [5.74, 6) is 1.07. The van der Waals surface area contributed by atoms with E-state index in [-0.39, 0.29) is 0 Å². The van der Waals surface area contributed by atoms with Crippen molar-refractivity contribution in [2.45, 2.75) is 18.2 Å². The number of rotatable bonds is 4. The first-order valence-electron chi connectivity index (χ1n) is 6.72. The standard InChI is InChI=1S/C14H19N3OS/c1-12-11-16(6-8-18-12)7-9-19-14-15-10-13-4-2-3-5-17(13)14/h2-5,10,12H,6-9,11H2,1H3/t12-/m1/s1. The molecule has 4 nitrogen and oxygen atoms in total. The molecule has 5 heteroatoms.